The van der Waals surface area contributed by atoms with Gasteiger partial charge >= 0.3 is 0 Å². The van der Waals surface area contributed by atoms with E-state index < -0.39 is 0 Å². The van der Waals surface area contributed by atoms with Gasteiger partial charge in [-0.15, -0.1) is 0 Å². The number of imidazole rings is 1. The molecule has 2 aromatic rings. The molecule has 4 heteroatoms. The topological polar surface area (TPSA) is 42.7 Å². The van der Waals surface area contributed by atoms with Gasteiger partial charge in [0.1, 0.15) is 0 Å². The smallest absolute Gasteiger partial charge is 0.0997 e. The van der Waals surface area contributed by atoms with E-state index in [1.165, 1.54) is 29.8 Å². The van der Waals surface area contributed by atoms with Crippen LogP contribution in [-0.2, 0) is 6.54 Å². The molecule has 0 aliphatic heterocycles. The predicted octanol–water partition coefficient (Wildman–Crippen LogP) is 2.14. The number of hydrogen-bond acceptors (Lipinski definition) is 3. The summed E-state index contributed by atoms with van der Waals surface area (Å²) in [5.41, 5.74) is 4.67. The van der Waals surface area contributed by atoms with E-state index in [9.17, 15) is 0 Å². The molecule has 1 saturated carbocycles. The molecule has 0 unspecified atom stereocenters. The molecule has 1 aliphatic carbocycles. The molecule has 4 nitrogen and oxygen atoms in total. The van der Waals surface area contributed by atoms with Crippen molar-refractivity contribution in [2.45, 2.75) is 39.3 Å². The van der Waals surface area contributed by atoms with Crippen LogP contribution < -0.4 is 5.32 Å². The maximum absolute atomic E-state index is 4.36. The van der Waals surface area contributed by atoms with Crippen LogP contribution in [0.25, 0.3) is 5.69 Å². The summed E-state index contributed by atoms with van der Waals surface area (Å²) in [7, 11) is 0. The van der Waals surface area contributed by atoms with Gasteiger partial charge in [0.2, 0.25) is 0 Å². The molecule has 0 radical (unpaired) electrons. The van der Waals surface area contributed by atoms with Crippen molar-refractivity contribution in [3.05, 3.63) is 41.7 Å². The Labute approximate surface area is 107 Å². The molecule has 0 aromatic carbocycles. The molecule has 1 aliphatic rings. The highest BCUT2D eigenvalue weighted by Crippen LogP contribution is 2.21. The molecule has 2 aromatic heterocycles. The lowest BCUT2D eigenvalue weighted by molar-refractivity contribution is 0.682. The molecule has 1 N–H and O–H groups in total. The molecule has 0 amide bonds. The van der Waals surface area contributed by atoms with E-state index in [1.54, 1.807) is 0 Å². The number of nitrogens with zero attached hydrogens (tertiary/aromatic N) is 3. The van der Waals surface area contributed by atoms with E-state index in [0.717, 1.165) is 12.2 Å². The maximum atomic E-state index is 4.36. The first kappa shape index (κ1) is 11.4. The Balaban J connectivity index is 1.92. The van der Waals surface area contributed by atoms with Crippen LogP contribution in [0.4, 0.5) is 0 Å². The van der Waals surface area contributed by atoms with Crippen LogP contribution in [0.5, 0.6) is 0 Å². The van der Waals surface area contributed by atoms with Gasteiger partial charge in [-0.05, 0) is 32.8 Å². The number of hydrogen-bond donors (Lipinski definition) is 1. The van der Waals surface area contributed by atoms with Crippen LogP contribution >= 0.6 is 0 Å². The summed E-state index contributed by atoms with van der Waals surface area (Å²) in [5.74, 6) is 0. The molecule has 1 fully saturated rings. The molecule has 94 valence electrons. The minimum absolute atomic E-state index is 0.712. The third-order valence-electron chi connectivity index (χ3n) is 3.55. The highest BCUT2D eigenvalue weighted by Gasteiger charge is 2.20. The zero-order valence-electron chi connectivity index (χ0n) is 10.8. The highest BCUT2D eigenvalue weighted by molar-refractivity contribution is 5.41. The number of pyridine rings is 1. The summed E-state index contributed by atoms with van der Waals surface area (Å²) < 4.78 is 2.14. The van der Waals surface area contributed by atoms with Crippen molar-refractivity contribution in [3.8, 4) is 5.69 Å². The molecule has 0 atom stereocenters. The lowest BCUT2D eigenvalue weighted by Crippen LogP contribution is -2.17. The van der Waals surface area contributed by atoms with Crippen molar-refractivity contribution in [3.63, 3.8) is 0 Å². The number of aromatic nitrogens is 3. The van der Waals surface area contributed by atoms with E-state index in [4.69, 9.17) is 0 Å². The summed E-state index contributed by atoms with van der Waals surface area (Å²) in [6, 6.07) is 2.77. The fraction of sp³-hybridized carbons (Fsp3) is 0.429. The van der Waals surface area contributed by atoms with E-state index in [2.05, 4.69) is 32.8 Å². The van der Waals surface area contributed by atoms with E-state index >= 15 is 0 Å². The molecule has 18 heavy (non-hydrogen) atoms. The zero-order chi connectivity index (χ0) is 12.5. The minimum atomic E-state index is 0.712. The fourth-order valence-corrected chi connectivity index (χ4v) is 2.07. The predicted molar refractivity (Wildman–Crippen MR) is 70.7 cm³/mol. The second-order valence-corrected chi connectivity index (χ2v) is 4.94. The molecule has 0 bridgehead atoms. The van der Waals surface area contributed by atoms with Crippen LogP contribution in [0.15, 0.2) is 24.8 Å². The summed E-state index contributed by atoms with van der Waals surface area (Å²) in [5, 5.41) is 3.54. The molecule has 0 spiro atoms. The van der Waals surface area contributed by atoms with Gasteiger partial charge in [-0.1, -0.05) is 0 Å². The monoisotopic (exact) mass is 242 g/mol. The normalized spacial score (nSPS) is 15.0. The van der Waals surface area contributed by atoms with Gasteiger partial charge in [0, 0.05) is 36.2 Å². The third-order valence-corrected chi connectivity index (χ3v) is 3.55. The second-order valence-electron chi connectivity index (χ2n) is 4.94. The van der Waals surface area contributed by atoms with Gasteiger partial charge in [-0.2, -0.15) is 0 Å². The molecule has 3 rings (SSSR count). The van der Waals surface area contributed by atoms with Crippen LogP contribution in [0.2, 0.25) is 0 Å². The van der Waals surface area contributed by atoms with Crippen LogP contribution in [0.3, 0.4) is 0 Å². The average Bonchev–Trinajstić information content (AvgIpc) is 3.16. The zero-order valence-corrected chi connectivity index (χ0v) is 10.8. The van der Waals surface area contributed by atoms with Crippen molar-refractivity contribution in [1.29, 1.82) is 0 Å². The number of rotatable bonds is 4. The Morgan fingerprint density at radius 1 is 1.39 bits per heavy atom. The van der Waals surface area contributed by atoms with Gasteiger partial charge < -0.3 is 9.88 Å². The summed E-state index contributed by atoms with van der Waals surface area (Å²) in [6.45, 7) is 5.01. The van der Waals surface area contributed by atoms with Gasteiger partial charge in [0.15, 0.2) is 0 Å². The Kier molecular flexibility index (Phi) is 2.88. The Bertz CT molecular complexity index is 555. The first-order chi connectivity index (χ1) is 8.75. The van der Waals surface area contributed by atoms with Gasteiger partial charge in [-0.3, -0.25) is 4.98 Å². The Morgan fingerprint density at radius 3 is 2.89 bits per heavy atom. The van der Waals surface area contributed by atoms with Crippen molar-refractivity contribution in [2.75, 3.05) is 0 Å². The van der Waals surface area contributed by atoms with E-state index in [1.807, 2.05) is 25.6 Å². The van der Waals surface area contributed by atoms with Gasteiger partial charge in [-0.25, -0.2) is 4.98 Å². The summed E-state index contributed by atoms with van der Waals surface area (Å²) >= 11 is 0. The van der Waals surface area contributed by atoms with Crippen molar-refractivity contribution < 1.29 is 0 Å². The van der Waals surface area contributed by atoms with E-state index in [-0.39, 0.29) is 0 Å². The fourth-order valence-electron chi connectivity index (χ4n) is 2.07. The largest absolute Gasteiger partial charge is 0.310 e. The minimum Gasteiger partial charge on any atom is -0.310 e. The average molecular weight is 242 g/mol. The maximum Gasteiger partial charge on any atom is 0.0997 e. The van der Waals surface area contributed by atoms with Crippen LogP contribution in [0.1, 0.15) is 29.8 Å². The Morgan fingerprint density at radius 2 is 2.22 bits per heavy atom. The van der Waals surface area contributed by atoms with Crippen molar-refractivity contribution in [2.24, 2.45) is 0 Å². The molecular weight excluding hydrogens is 224 g/mol. The summed E-state index contributed by atoms with van der Waals surface area (Å²) in [4.78, 5) is 8.60. The number of aryl methyl sites for hydroxylation is 1. The molecule has 2 heterocycles. The number of nitrogens with one attached hydrogen (secondary N) is 1. The highest BCUT2D eigenvalue weighted by atomic mass is 15.1. The third kappa shape index (κ3) is 2.16. The van der Waals surface area contributed by atoms with Crippen molar-refractivity contribution >= 4 is 0 Å². The summed E-state index contributed by atoms with van der Waals surface area (Å²) in [6.07, 6.45) is 8.28. The SMILES string of the molecule is Cc1ncn(-c2ccncc2CNC2CC2)c1C. The van der Waals surface area contributed by atoms with Crippen LogP contribution in [-0.4, -0.2) is 20.6 Å². The lowest BCUT2D eigenvalue weighted by Gasteiger charge is -2.12. The van der Waals surface area contributed by atoms with Crippen LogP contribution in [0, 0.1) is 13.8 Å². The standard InChI is InChI=1S/C14H18N4/c1-10-11(2)18(9-17-10)14-5-6-15-7-12(14)8-16-13-3-4-13/h5-7,9,13,16H,3-4,8H2,1-2H3. The molecule has 0 saturated heterocycles. The van der Waals surface area contributed by atoms with E-state index in [0.29, 0.717) is 6.04 Å². The quantitative estimate of drug-likeness (QED) is 0.893. The van der Waals surface area contributed by atoms with Gasteiger partial charge in [0.05, 0.1) is 17.7 Å². The second kappa shape index (κ2) is 4.53. The Hall–Kier alpha value is -1.68. The lowest BCUT2D eigenvalue weighted by atomic mass is 10.2. The first-order valence-electron chi connectivity index (χ1n) is 6.43. The molecular formula is C14H18N4. The van der Waals surface area contributed by atoms with Crippen molar-refractivity contribution in [1.82, 2.24) is 19.9 Å². The first-order valence-corrected chi connectivity index (χ1v) is 6.43. The van der Waals surface area contributed by atoms with Gasteiger partial charge in [0.25, 0.3) is 0 Å².